The Labute approximate surface area is 126 Å². The molecule has 3 aromatic rings. The summed E-state index contributed by atoms with van der Waals surface area (Å²) in [5.74, 6) is -0.838. The number of nitrogens with zero attached hydrogens (tertiary/aromatic N) is 1. The van der Waals surface area contributed by atoms with Gasteiger partial charge in [0.25, 0.3) is 0 Å². The fourth-order valence-corrected chi connectivity index (χ4v) is 2.16. The summed E-state index contributed by atoms with van der Waals surface area (Å²) in [6, 6.07) is 13.1. The molecule has 1 aromatic heterocycles. The van der Waals surface area contributed by atoms with E-state index in [1.165, 1.54) is 18.2 Å². The van der Waals surface area contributed by atoms with Crippen molar-refractivity contribution in [3.8, 4) is 11.5 Å². The van der Waals surface area contributed by atoms with Crippen molar-refractivity contribution < 1.29 is 19.7 Å². The van der Waals surface area contributed by atoms with Crippen molar-refractivity contribution in [2.45, 2.75) is 6.61 Å². The maximum atomic E-state index is 12.1. The number of ether oxygens (including phenoxy) is 1. The Kier molecular flexibility index (Phi) is 3.62. The lowest BCUT2D eigenvalue weighted by Gasteiger charge is -2.08. The van der Waals surface area contributed by atoms with Gasteiger partial charge in [-0.05, 0) is 35.7 Å². The molecule has 0 aliphatic heterocycles. The number of hydrogen-bond donors (Lipinski definition) is 2. The van der Waals surface area contributed by atoms with Gasteiger partial charge in [-0.15, -0.1) is 0 Å². The molecule has 22 heavy (non-hydrogen) atoms. The van der Waals surface area contributed by atoms with Crippen molar-refractivity contribution in [3.05, 3.63) is 66.0 Å². The zero-order chi connectivity index (χ0) is 15.5. The number of carbonyl (C=O) groups excluding carboxylic acids is 1. The van der Waals surface area contributed by atoms with Crippen molar-refractivity contribution in [2.24, 2.45) is 0 Å². The third-order valence-electron chi connectivity index (χ3n) is 3.27. The van der Waals surface area contributed by atoms with Crippen LogP contribution in [0.2, 0.25) is 0 Å². The Hall–Kier alpha value is -3.08. The summed E-state index contributed by atoms with van der Waals surface area (Å²) >= 11 is 0. The lowest BCUT2D eigenvalue weighted by Crippen LogP contribution is -2.06. The van der Waals surface area contributed by atoms with Crippen molar-refractivity contribution in [2.75, 3.05) is 0 Å². The van der Waals surface area contributed by atoms with E-state index in [2.05, 4.69) is 4.98 Å². The molecule has 0 unspecified atom stereocenters. The molecular weight excluding hydrogens is 282 g/mol. The molecular formula is C17H13NO4. The second-order valence-electron chi connectivity index (χ2n) is 4.76. The van der Waals surface area contributed by atoms with Crippen LogP contribution in [-0.4, -0.2) is 21.2 Å². The number of aromatic nitrogens is 1. The van der Waals surface area contributed by atoms with E-state index in [9.17, 15) is 15.0 Å². The van der Waals surface area contributed by atoms with Gasteiger partial charge in [0.15, 0.2) is 0 Å². The van der Waals surface area contributed by atoms with Crippen LogP contribution in [0.25, 0.3) is 10.8 Å². The molecule has 0 amide bonds. The number of carbonyl (C=O) groups is 1. The molecule has 0 fully saturated rings. The molecule has 0 aliphatic rings. The normalized spacial score (nSPS) is 10.5. The monoisotopic (exact) mass is 295 g/mol. The van der Waals surface area contributed by atoms with E-state index in [-0.39, 0.29) is 23.7 Å². The molecule has 0 aliphatic carbocycles. The van der Waals surface area contributed by atoms with Crippen molar-refractivity contribution in [3.63, 3.8) is 0 Å². The third kappa shape index (κ3) is 2.69. The summed E-state index contributed by atoms with van der Waals surface area (Å²) in [7, 11) is 0. The van der Waals surface area contributed by atoms with Crippen molar-refractivity contribution >= 4 is 16.7 Å². The van der Waals surface area contributed by atoms with Crippen molar-refractivity contribution in [1.82, 2.24) is 4.98 Å². The zero-order valence-corrected chi connectivity index (χ0v) is 11.6. The Bertz CT molecular complexity index is 831. The summed E-state index contributed by atoms with van der Waals surface area (Å²) in [5.41, 5.74) is 0.669. The van der Waals surface area contributed by atoms with Gasteiger partial charge in [-0.3, -0.25) is 4.98 Å². The number of rotatable bonds is 3. The highest BCUT2D eigenvalue weighted by Gasteiger charge is 2.15. The fraction of sp³-hybridized carbons (Fsp3) is 0.0588. The molecule has 0 spiro atoms. The first-order valence-corrected chi connectivity index (χ1v) is 6.67. The first-order valence-electron chi connectivity index (χ1n) is 6.67. The predicted octanol–water partition coefficient (Wildman–Crippen LogP) is 3.00. The summed E-state index contributed by atoms with van der Waals surface area (Å²) in [6.45, 7) is 0.0250. The van der Waals surface area contributed by atoms with Gasteiger partial charge in [0, 0.05) is 11.6 Å². The number of aromatic hydroxyl groups is 2. The Balaban J connectivity index is 1.86. The second kappa shape index (κ2) is 5.73. The number of benzene rings is 2. The van der Waals surface area contributed by atoms with Crippen LogP contribution in [0, 0.1) is 0 Å². The van der Waals surface area contributed by atoms with Gasteiger partial charge < -0.3 is 14.9 Å². The SMILES string of the molecule is O=C(OCc1ccccn1)c1cc2cccc(O)c2cc1O. The first kappa shape index (κ1) is 13.9. The van der Waals surface area contributed by atoms with Crippen LogP contribution in [-0.2, 0) is 11.3 Å². The van der Waals surface area contributed by atoms with E-state index in [4.69, 9.17) is 4.74 Å². The lowest BCUT2D eigenvalue weighted by molar-refractivity contribution is 0.0464. The minimum Gasteiger partial charge on any atom is -0.507 e. The Morgan fingerprint density at radius 1 is 1.05 bits per heavy atom. The molecule has 1 heterocycles. The number of phenols is 2. The van der Waals surface area contributed by atoms with E-state index >= 15 is 0 Å². The van der Waals surface area contributed by atoms with Crippen LogP contribution in [0.1, 0.15) is 16.1 Å². The third-order valence-corrected chi connectivity index (χ3v) is 3.27. The van der Waals surface area contributed by atoms with Gasteiger partial charge >= 0.3 is 5.97 Å². The molecule has 110 valence electrons. The van der Waals surface area contributed by atoms with Gasteiger partial charge in [0.05, 0.1) is 5.69 Å². The van der Waals surface area contributed by atoms with Crippen LogP contribution in [0.4, 0.5) is 0 Å². The number of phenolic OH excluding ortho intramolecular Hbond substituents is 2. The number of fused-ring (bicyclic) bond motifs is 1. The quantitative estimate of drug-likeness (QED) is 0.726. The average molecular weight is 295 g/mol. The summed E-state index contributed by atoms with van der Waals surface area (Å²) in [5, 5.41) is 20.8. The highest BCUT2D eigenvalue weighted by atomic mass is 16.5. The topological polar surface area (TPSA) is 79.7 Å². The molecule has 2 aromatic carbocycles. The standard InChI is InChI=1S/C17H13NO4/c19-15-6-3-4-11-8-14(16(20)9-13(11)15)17(21)22-10-12-5-1-2-7-18-12/h1-9,19-20H,10H2. The Morgan fingerprint density at radius 3 is 2.68 bits per heavy atom. The van der Waals surface area contributed by atoms with Gasteiger partial charge in [-0.1, -0.05) is 18.2 Å². The largest absolute Gasteiger partial charge is 0.507 e. The van der Waals surface area contributed by atoms with Gasteiger partial charge in [-0.2, -0.15) is 0 Å². The zero-order valence-electron chi connectivity index (χ0n) is 11.6. The fourth-order valence-electron chi connectivity index (χ4n) is 2.16. The smallest absolute Gasteiger partial charge is 0.342 e. The molecule has 0 radical (unpaired) electrons. The molecule has 0 saturated heterocycles. The average Bonchev–Trinajstić information content (AvgIpc) is 2.54. The van der Waals surface area contributed by atoms with E-state index in [0.717, 1.165) is 0 Å². The molecule has 0 saturated carbocycles. The van der Waals surface area contributed by atoms with E-state index in [0.29, 0.717) is 16.5 Å². The molecule has 5 nitrogen and oxygen atoms in total. The minimum atomic E-state index is -0.645. The predicted molar refractivity (Wildman–Crippen MR) is 80.6 cm³/mol. The molecule has 5 heteroatoms. The number of esters is 1. The van der Waals surface area contributed by atoms with Gasteiger partial charge in [0.1, 0.15) is 23.7 Å². The van der Waals surface area contributed by atoms with Crippen LogP contribution < -0.4 is 0 Å². The van der Waals surface area contributed by atoms with Crippen LogP contribution >= 0.6 is 0 Å². The van der Waals surface area contributed by atoms with Gasteiger partial charge in [0.2, 0.25) is 0 Å². The van der Waals surface area contributed by atoms with E-state index in [1.54, 1.807) is 36.5 Å². The van der Waals surface area contributed by atoms with Crippen molar-refractivity contribution in [1.29, 1.82) is 0 Å². The minimum absolute atomic E-state index is 0.0250. The molecule has 0 atom stereocenters. The summed E-state index contributed by atoms with van der Waals surface area (Å²) in [6.07, 6.45) is 1.61. The summed E-state index contributed by atoms with van der Waals surface area (Å²) < 4.78 is 5.15. The number of hydrogen-bond acceptors (Lipinski definition) is 5. The second-order valence-corrected chi connectivity index (χ2v) is 4.76. The number of pyridine rings is 1. The van der Waals surface area contributed by atoms with Crippen LogP contribution in [0.15, 0.2) is 54.7 Å². The first-order chi connectivity index (χ1) is 10.6. The molecule has 3 rings (SSSR count). The Morgan fingerprint density at radius 2 is 1.91 bits per heavy atom. The maximum absolute atomic E-state index is 12.1. The molecule has 2 N–H and O–H groups in total. The van der Waals surface area contributed by atoms with Crippen LogP contribution in [0.3, 0.4) is 0 Å². The maximum Gasteiger partial charge on any atom is 0.342 e. The summed E-state index contributed by atoms with van der Waals surface area (Å²) in [4.78, 5) is 16.2. The highest BCUT2D eigenvalue weighted by Crippen LogP contribution is 2.31. The van der Waals surface area contributed by atoms with E-state index < -0.39 is 5.97 Å². The van der Waals surface area contributed by atoms with E-state index in [1.807, 2.05) is 0 Å². The highest BCUT2D eigenvalue weighted by molar-refractivity contribution is 6.00. The lowest BCUT2D eigenvalue weighted by atomic mass is 10.1. The molecule has 0 bridgehead atoms. The van der Waals surface area contributed by atoms with Gasteiger partial charge in [-0.25, -0.2) is 4.79 Å². The van der Waals surface area contributed by atoms with Crippen LogP contribution in [0.5, 0.6) is 11.5 Å².